The van der Waals surface area contributed by atoms with Crippen molar-refractivity contribution in [3.05, 3.63) is 66.1 Å². The van der Waals surface area contributed by atoms with Gasteiger partial charge in [0.1, 0.15) is 0 Å². The first-order valence-corrected chi connectivity index (χ1v) is 8.59. The van der Waals surface area contributed by atoms with Crippen LogP contribution in [0.15, 0.2) is 54.9 Å². The number of nitrogens with two attached hydrogens (primary N) is 2. The summed E-state index contributed by atoms with van der Waals surface area (Å²) >= 11 is 0. The van der Waals surface area contributed by atoms with Gasteiger partial charge in [-0.15, -0.1) is 0 Å². The fourth-order valence-electron chi connectivity index (χ4n) is 3.31. The molecule has 0 radical (unpaired) electrons. The quantitative estimate of drug-likeness (QED) is 0.710. The number of hydrogen-bond acceptors (Lipinski definition) is 4. The van der Waals surface area contributed by atoms with E-state index in [4.69, 9.17) is 11.5 Å². The van der Waals surface area contributed by atoms with E-state index in [0.29, 0.717) is 0 Å². The third-order valence-corrected chi connectivity index (χ3v) is 5.10. The normalized spacial score (nSPS) is 14.8. The molecule has 130 valence electrons. The van der Waals surface area contributed by atoms with Crippen molar-refractivity contribution in [1.29, 1.82) is 0 Å². The zero-order chi connectivity index (χ0) is 18.3. The highest BCUT2D eigenvalue weighted by atomic mass is 16.1. The second-order valence-electron chi connectivity index (χ2n) is 6.88. The second kappa shape index (κ2) is 5.95. The Morgan fingerprint density at radius 2 is 1.73 bits per heavy atom. The number of hydrogen-bond donors (Lipinski definition) is 2. The number of anilines is 1. The molecule has 26 heavy (non-hydrogen) atoms. The molecule has 1 fully saturated rings. The van der Waals surface area contributed by atoms with Gasteiger partial charge in [-0.3, -0.25) is 14.8 Å². The van der Waals surface area contributed by atoms with E-state index >= 15 is 0 Å². The lowest BCUT2D eigenvalue weighted by atomic mass is 9.97. The average molecular weight is 344 g/mol. The lowest BCUT2D eigenvalue weighted by Gasteiger charge is -2.12. The topological polar surface area (TPSA) is 94.9 Å². The molecule has 0 unspecified atom stereocenters. The highest BCUT2D eigenvalue weighted by Gasteiger charge is 2.51. The Kier molecular flexibility index (Phi) is 3.72. The summed E-state index contributed by atoms with van der Waals surface area (Å²) in [6, 6.07) is 13.7. The van der Waals surface area contributed by atoms with Crippen LogP contribution in [0, 0.1) is 6.92 Å². The van der Waals surface area contributed by atoms with Crippen molar-refractivity contribution in [2.45, 2.75) is 25.2 Å². The van der Waals surface area contributed by atoms with E-state index in [0.717, 1.165) is 52.2 Å². The SMILES string of the molecule is Cc1ccc(N)cc1-c1ccnc(-c2ccnc(C3(C(N)=O)CC3)c2)c1. The molecule has 1 amide bonds. The van der Waals surface area contributed by atoms with Crippen molar-refractivity contribution in [3.63, 3.8) is 0 Å². The molecule has 4 rings (SSSR count). The predicted octanol–water partition coefficient (Wildman–Crippen LogP) is 3.22. The molecule has 3 aromatic rings. The molecule has 1 aromatic carbocycles. The smallest absolute Gasteiger partial charge is 0.229 e. The summed E-state index contributed by atoms with van der Waals surface area (Å²) in [5, 5.41) is 0. The van der Waals surface area contributed by atoms with E-state index < -0.39 is 5.41 Å². The molecule has 0 atom stereocenters. The molecule has 2 aromatic heterocycles. The number of pyridine rings is 2. The first kappa shape index (κ1) is 16.3. The molecule has 0 saturated heterocycles. The number of primary amides is 1. The number of nitrogens with zero attached hydrogens (tertiary/aromatic N) is 2. The summed E-state index contributed by atoms with van der Waals surface area (Å²) in [6.45, 7) is 2.06. The van der Waals surface area contributed by atoms with Gasteiger partial charge in [-0.2, -0.15) is 0 Å². The van der Waals surface area contributed by atoms with E-state index in [2.05, 4.69) is 16.9 Å². The number of rotatable bonds is 4. The van der Waals surface area contributed by atoms with Crippen molar-refractivity contribution >= 4 is 11.6 Å². The Labute approximate surface area is 152 Å². The summed E-state index contributed by atoms with van der Waals surface area (Å²) in [5.41, 5.74) is 17.4. The number of nitrogen functional groups attached to an aromatic ring is 1. The number of aryl methyl sites for hydroxylation is 1. The van der Waals surface area contributed by atoms with E-state index in [1.165, 1.54) is 0 Å². The monoisotopic (exact) mass is 344 g/mol. The number of carbonyl (C=O) groups excluding carboxylic acids is 1. The van der Waals surface area contributed by atoms with Crippen LogP contribution >= 0.6 is 0 Å². The largest absolute Gasteiger partial charge is 0.399 e. The van der Waals surface area contributed by atoms with Gasteiger partial charge in [0.25, 0.3) is 0 Å². The van der Waals surface area contributed by atoms with E-state index in [-0.39, 0.29) is 5.91 Å². The van der Waals surface area contributed by atoms with Crippen LogP contribution in [-0.2, 0) is 10.2 Å². The fourth-order valence-corrected chi connectivity index (χ4v) is 3.31. The highest BCUT2D eigenvalue weighted by molar-refractivity contribution is 5.89. The van der Waals surface area contributed by atoms with Crippen LogP contribution in [0.5, 0.6) is 0 Å². The summed E-state index contributed by atoms with van der Waals surface area (Å²) < 4.78 is 0. The third kappa shape index (κ3) is 2.71. The average Bonchev–Trinajstić information content (AvgIpc) is 3.46. The molecule has 1 saturated carbocycles. The van der Waals surface area contributed by atoms with Crippen molar-refractivity contribution in [1.82, 2.24) is 9.97 Å². The van der Waals surface area contributed by atoms with Crippen molar-refractivity contribution in [2.24, 2.45) is 5.73 Å². The van der Waals surface area contributed by atoms with Crippen molar-refractivity contribution < 1.29 is 4.79 Å². The number of amides is 1. The van der Waals surface area contributed by atoms with Gasteiger partial charge in [0.05, 0.1) is 16.8 Å². The molecule has 0 aliphatic heterocycles. The van der Waals surface area contributed by atoms with Gasteiger partial charge in [-0.25, -0.2) is 0 Å². The Hall–Kier alpha value is -3.21. The molecule has 5 nitrogen and oxygen atoms in total. The predicted molar refractivity (Wildman–Crippen MR) is 102 cm³/mol. The summed E-state index contributed by atoms with van der Waals surface area (Å²) in [5.74, 6) is -0.306. The second-order valence-corrected chi connectivity index (χ2v) is 6.88. The summed E-state index contributed by atoms with van der Waals surface area (Å²) in [4.78, 5) is 20.7. The maximum absolute atomic E-state index is 11.8. The number of carbonyl (C=O) groups is 1. The Morgan fingerprint density at radius 1 is 1.00 bits per heavy atom. The Balaban J connectivity index is 1.76. The summed E-state index contributed by atoms with van der Waals surface area (Å²) in [6.07, 6.45) is 5.02. The zero-order valence-electron chi connectivity index (χ0n) is 14.6. The van der Waals surface area contributed by atoms with E-state index in [9.17, 15) is 4.79 Å². The Morgan fingerprint density at radius 3 is 2.46 bits per heavy atom. The van der Waals surface area contributed by atoms with Crippen LogP contribution in [0.2, 0.25) is 0 Å². The highest BCUT2D eigenvalue weighted by Crippen LogP contribution is 2.47. The first-order chi connectivity index (χ1) is 12.5. The molecule has 5 heteroatoms. The third-order valence-electron chi connectivity index (χ3n) is 5.10. The lowest BCUT2D eigenvalue weighted by Crippen LogP contribution is -2.29. The molecular weight excluding hydrogens is 324 g/mol. The van der Waals surface area contributed by atoms with Gasteiger partial charge in [0.2, 0.25) is 5.91 Å². The van der Waals surface area contributed by atoms with Crippen LogP contribution in [0.1, 0.15) is 24.1 Å². The molecule has 0 spiro atoms. The molecular formula is C21H20N4O. The van der Waals surface area contributed by atoms with Crippen LogP contribution in [0.4, 0.5) is 5.69 Å². The van der Waals surface area contributed by atoms with Crippen LogP contribution < -0.4 is 11.5 Å². The van der Waals surface area contributed by atoms with E-state index in [1.54, 1.807) is 12.4 Å². The molecule has 1 aliphatic rings. The van der Waals surface area contributed by atoms with Gasteiger partial charge in [-0.1, -0.05) is 6.07 Å². The number of benzene rings is 1. The van der Waals surface area contributed by atoms with Crippen LogP contribution in [0.3, 0.4) is 0 Å². The minimum atomic E-state index is -0.599. The van der Waals surface area contributed by atoms with Gasteiger partial charge < -0.3 is 11.5 Å². The van der Waals surface area contributed by atoms with Gasteiger partial charge in [-0.05, 0) is 72.9 Å². The Bertz CT molecular complexity index is 1010. The summed E-state index contributed by atoms with van der Waals surface area (Å²) in [7, 11) is 0. The molecule has 1 aliphatic carbocycles. The van der Waals surface area contributed by atoms with Gasteiger partial charge in [0.15, 0.2) is 0 Å². The molecule has 4 N–H and O–H groups in total. The lowest BCUT2D eigenvalue weighted by molar-refractivity contribution is -0.120. The minimum absolute atomic E-state index is 0.306. The first-order valence-electron chi connectivity index (χ1n) is 8.59. The maximum atomic E-state index is 11.8. The number of aromatic nitrogens is 2. The maximum Gasteiger partial charge on any atom is 0.229 e. The van der Waals surface area contributed by atoms with Crippen LogP contribution in [0.25, 0.3) is 22.4 Å². The van der Waals surface area contributed by atoms with Crippen LogP contribution in [-0.4, -0.2) is 15.9 Å². The van der Waals surface area contributed by atoms with Gasteiger partial charge >= 0.3 is 0 Å². The van der Waals surface area contributed by atoms with Crippen molar-refractivity contribution in [3.8, 4) is 22.4 Å². The standard InChI is InChI=1S/C21H20N4O/c1-13-2-3-16(22)12-17(13)14-4-8-24-18(10-14)15-5-9-25-19(11-15)21(6-7-21)20(23)26/h2-5,8-12H,6-7,22H2,1H3,(H2,23,26). The van der Waals surface area contributed by atoms with Gasteiger partial charge in [0, 0.05) is 23.6 Å². The van der Waals surface area contributed by atoms with Crippen molar-refractivity contribution in [2.75, 3.05) is 5.73 Å². The molecule has 2 heterocycles. The minimum Gasteiger partial charge on any atom is -0.399 e. The zero-order valence-corrected chi connectivity index (χ0v) is 14.6. The van der Waals surface area contributed by atoms with E-state index in [1.807, 2.05) is 42.5 Å². The fraction of sp³-hybridized carbons (Fsp3) is 0.190. The molecule has 0 bridgehead atoms.